The molecule has 0 saturated heterocycles. The number of carboxylic acid groups (broad SMARTS) is 1. The summed E-state index contributed by atoms with van der Waals surface area (Å²) in [6.07, 6.45) is 6.17. The van der Waals surface area contributed by atoms with Gasteiger partial charge in [0.1, 0.15) is 5.60 Å². The summed E-state index contributed by atoms with van der Waals surface area (Å²) < 4.78 is 6.47. The molecule has 0 aromatic heterocycles. The summed E-state index contributed by atoms with van der Waals surface area (Å²) >= 11 is 0. The van der Waals surface area contributed by atoms with E-state index < -0.39 is 17.7 Å². The van der Waals surface area contributed by atoms with Gasteiger partial charge in [-0.3, -0.25) is 0 Å². The highest BCUT2D eigenvalue weighted by atomic mass is 16.6. The van der Waals surface area contributed by atoms with Crippen molar-refractivity contribution >= 4 is 11.9 Å². The van der Waals surface area contributed by atoms with Gasteiger partial charge in [0.25, 0.3) is 0 Å². The quantitative estimate of drug-likeness (QED) is 0.344. The molecule has 2 N–H and O–H groups in total. The molecule has 174 valence electrons. The van der Waals surface area contributed by atoms with Crippen molar-refractivity contribution in [2.45, 2.75) is 78.4 Å². The van der Waals surface area contributed by atoms with Crippen molar-refractivity contribution in [2.75, 3.05) is 0 Å². The van der Waals surface area contributed by atoms with Gasteiger partial charge in [-0.05, 0) is 75.0 Å². The third kappa shape index (κ3) is 4.15. The molecule has 4 atom stereocenters. The van der Waals surface area contributed by atoms with Crippen LogP contribution in [0.4, 0.5) is 0 Å². The van der Waals surface area contributed by atoms with Crippen LogP contribution in [0.5, 0.6) is 0 Å². The number of aliphatic hydroxyl groups excluding tert-OH is 1. The standard InChI is InChI=1S/C27H36O5/c1-18(17-23(29)30)13-16-27(32-24(31)20-9-7-6-8-10-20)19(2)11-12-21-25(3,4)22(28)14-15-26(21,27)5/h6-11,17,21-22,28H,12-16H2,1-5H3,(H,29,30). The Morgan fingerprint density at radius 3 is 2.47 bits per heavy atom. The van der Waals surface area contributed by atoms with Crippen molar-refractivity contribution in [1.82, 2.24) is 0 Å². The smallest absolute Gasteiger partial charge is 0.339 e. The van der Waals surface area contributed by atoms with Gasteiger partial charge >= 0.3 is 11.9 Å². The van der Waals surface area contributed by atoms with Crippen LogP contribution >= 0.6 is 0 Å². The van der Waals surface area contributed by atoms with Gasteiger partial charge in [-0.2, -0.15) is 0 Å². The predicted molar refractivity (Wildman–Crippen MR) is 124 cm³/mol. The maximum atomic E-state index is 13.3. The monoisotopic (exact) mass is 440 g/mol. The molecule has 1 aromatic rings. The number of allylic oxidation sites excluding steroid dienone is 2. The Labute approximate surface area is 191 Å². The summed E-state index contributed by atoms with van der Waals surface area (Å²) in [4.78, 5) is 24.5. The number of ether oxygens (including phenoxy) is 1. The molecule has 0 bridgehead atoms. The minimum atomic E-state index is -0.972. The maximum Gasteiger partial charge on any atom is 0.339 e. The Balaban J connectivity index is 2.09. The van der Waals surface area contributed by atoms with Gasteiger partial charge in [-0.15, -0.1) is 0 Å². The molecule has 5 nitrogen and oxygen atoms in total. The van der Waals surface area contributed by atoms with E-state index in [0.717, 1.165) is 24.0 Å². The molecule has 1 aromatic carbocycles. The molecule has 1 saturated carbocycles. The molecule has 5 heteroatoms. The first kappa shape index (κ1) is 24.2. The number of carboxylic acids is 1. The van der Waals surface area contributed by atoms with E-state index >= 15 is 0 Å². The molecule has 0 spiro atoms. The fourth-order valence-electron chi connectivity index (χ4n) is 6.17. The Bertz CT molecular complexity index is 929. The number of rotatable bonds is 6. The van der Waals surface area contributed by atoms with E-state index in [1.54, 1.807) is 19.1 Å². The van der Waals surface area contributed by atoms with E-state index in [1.165, 1.54) is 6.08 Å². The van der Waals surface area contributed by atoms with Crippen LogP contribution in [0.15, 0.2) is 53.6 Å². The molecule has 0 amide bonds. The maximum absolute atomic E-state index is 13.3. The third-order valence-electron chi connectivity index (χ3n) is 8.20. The molecule has 0 heterocycles. The van der Waals surface area contributed by atoms with E-state index in [4.69, 9.17) is 9.84 Å². The first-order valence-corrected chi connectivity index (χ1v) is 11.5. The lowest BCUT2D eigenvalue weighted by Gasteiger charge is -2.62. The lowest BCUT2D eigenvalue weighted by atomic mass is 9.45. The number of aliphatic hydroxyl groups is 1. The second kappa shape index (κ2) is 8.86. The number of fused-ring (bicyclic) bond motifs is 1. The number of aliphatic carboxylic acids is 1. The highest BCUT2D eigenvalue weighted by Crippen LogP contribution is 2.63. The van der Waals surface area contributed by atoms with E-state index in [-0.39, 0.29) is 22.7 Å². The zero-order valence-corrected chi connectivity index (χ0v) is 19.9. The Kier molecular flexibility index (Phi) is 6.71. The average molecular weight is 441 g/mol. The SMILES string of the molecule is CC(=CC(=O)O)CCC1(OC(=O)c2ccccc2)C(C)=CCC2C(C)(C)C(O)CCC21C. The van der Waals surface area contributed by atoms with Gasteiger partial charge in [0.15, 0.2) is 0 Å². The summed E-state index contributed by atoms with van der Waals surface area (Å²) in [7, 11) is 0. The van der Waals surface area contributed by atoms with Crippen molar-refractivity contribution in [3.8, 4) is 0 Å². The van der Waals surface area contributed by atoms with E-state index in [1.807, 2.05) is 25.1 Å². The van der Waals surface area contributed by atoms with Crippen molar-refractivity contribution in [1.29, 1.82) is 0 Å². The van der Waals surface area contributed by atoms with E-state index in [9.17, 15) is 14.7 Å². The van der Waals surface area contributed by atoms with Crippen LogP contribution in [0, 0.1) is 16.7 Å². The zero-order chi connectivity index (χ0) is 23.7. The predicted octanol–water partition coefficient (Wildman–Crippen LogP) is 5.55. The van der Waals surface area contributed by atoms with E-state index in [0.29, 0.717) is 24.8 Å². The van der Waals surface area contributed by atoms with Crippen LogP contribution < -0.4 is 0 Å². The summed E-state index contributed by atoms with van der Waals surface area (Å²) in [6.45, 7) is 10.2. The van der Waals surface area contributed by atoms with Gasteiger partial charge in [-0.25, -0.2) is 9.59 Å². The molecular formula is C27H36O5. The molecule has 4 unspecified atom stereocenters. The topological polar surface area (TPSA) is 83.8 Å². The fraction of sp³-hybridized carbons (Fsp3) is 0.556. The van der Waals surface area contributed by atoms with Crippen LogP contribution in [-0.2, 0) is 9.53 Å². The third-order valence-corrected chi connectivity index (χ3v) is 8.20. The van der Waals surface area contributed by atoms with E-state index in [2.05, 4.69) is 26.8 Å². The van der Waals surface area contributed by atoms with Crippen LogP contribution in [0.25, 0.3) is 0 Å². The van der Waals surface area contributed by atoms with Gasteiger partial charge in [-0.1, -0.05) is 50.6 Å². The zero-order valence-electron chi connectivity index (χ0n) is 19.9. The Morgan fingerprint density at radius 2 is 1.84 bits per heavy atom. The largest absolute Gasteiger partial charge is 0.478 e. The summed E-state index contributed by atoms with van der Waals surface area (Å²) in [5, 5.41) is 20.0. The van der Waals surface area contributed by atoms with Crippen LogP contribution in [-0.4, -0.2) is 33.9 Å². The number of carbonyl (C=O) groups excluding carboxylic acids is 1. The number of hydrogen-bond donors (Lipinski definition) is 2. The number of carbonyl (C=O) groups is 2. The molecule has 1 fully saturated rings. The minimum Gasteiger partial charge on any atom is -0.478 e. The van der Waals surface area contributed by atoms with Crippen molar-refractivity contribution in [2.24, 2.45) is 16.7 Å². The van der Waals surface area contributed by atoms with Gasteiger partial charge in [0.2, 0.25) is 0 Å². The lowest BCUT2D eigenvalue weighted by molar-refractivity contribution is -0.180. The number of benzene rings is 1. The van der Waals surface area contributed by atoms with Crippen molar-refractivity contribution in [3.05, 3.63) is 59.2 Å². The second-order valence-corrected chi connectivity index (χ2v) is 10.4. The van der Waals surface area contributed by atoms with Crippen molar-refractivity contribution < 1.29 is 24.5 Å². The normalized spacial score (nSPS) is 31.9. The molecular weight excluding hydrogens is 404 g/mol. The van der Waals surface area contributed by atoms with Crippen LogP contribution in [0.3, 0.4) is 0 Å². The summed E-state index contributed by atoms with van der Waals surface area (Å²) in [5.74, 6) is -1.22. The van der Waals surface area contributed by atoms with Gasteiger partial charge in [0.05, 0.1) is 11.7 Å². The molecule has 0 radical (unpaired) electrons. The molecule has 0 aliphatic heterocycles. The van der Waals surface area contributed by atoms with Gasteiger partial charge in [0, 0.05) is 11.5 Å². The Morgan fingerprint density at radius 1 is 1.19 bits per heavy atom. The van der Waals surface area contributed by atoms with Crippen LogP contribution in [0.1, 0.15) is 77.1 Å². The molecule has 2 aliphatic carbocycles. The first-order chi connectivity index (χ1) is 14.9. The molecule has 32 heavy (non-hydrogen) atoms. The fourth-order valence-corrected chi connectivity index (χ4v) is 6.17. The highest BCUT2D eigenvalue weighted by Gasteiger charge is 2.63. The van der Waals surface area contributed by atoms with Gasteiger partial charge < -0.3 is 14.9 Å². The number of hydrogen-bond acceptors (Lipinski definition) is 4. The summed E-state index contributed by atoms with van der Waals surface area (Å²) in [6, 6.07) is 9.00. The average Bonchev–Trinajstić information content (AvgIpc) is 2.73. The van der Waals surface area contributed by atoms with Crippen molar-refractivity contribution in [3.63, 3.8) is 0 Å². The second-order valence-electron chi connectivity index (χ2n) is 10.4. The lowest BCUT2D eigenvalue weighted by Crippen LogP contribution is -2.63. The number of esters is 1. The molecule has 3 rings (SSSR count). The molecule has 2 aliphatic rings. The Hall–Kier alpha value is -2.40. The summed E-state index contributed by atoms with van der Waals surface area (Å²) in [5.41, 5.74) is 0.645. The van der Waals surface area contributed by atoms with Crippen LogP contribution in [0.2, 0.25) is 0 Å². The first-order valence-electron chi connectivity index (χ1n) is 11.5. The minimum absolute atomic E-state index is 0.120. The highest BCUT2D eigenvalue weighted by molar-refractivity contribution is 5.90.